The van der Waals surface area contributed by atoms with Crippen molar-refractivity contribution in [1.82, 2.24) is 14.5 Å². The highest BCUT2D eigenvalue weighted by atomic mass is 16.5. The van der Waals surface area contributed by atoms with Gasteiger partial charge in [0.05, 0.1) is 11.0 Å². The third-order valence-electron chi connectivity index (χ3n) is 5.85. The molecule has 0 saturated heterocycles. The van der Waals surface area contributed by atoms with Crippen LogP contribution in [0.15, 0.2) is 84.9 Å². The molecule has 5 nitrogen and oxygen atoms in total. The molecule has 0 aliphatic heterocycles. The third-order valence-corrected chi connectivity index (χ3v) is 5.85. The number of phenols is 1. The van der Waals surface area contributed by atoms with Crippen LogP contribution in [0.2, 0.25) is 0 Å². The van der Waals surface area contributed by atoms with Crippen LogP contribution in [0.4, 0.5) is 0 Å². The van der Waals surface area contributed by atoms with Gasteiger partial charge in [-0.2, -0.15) is 0 Å². The summed E-state index contributed by atoms with van der Waals surface area (Å²) in [6, 6.07) is 27.6. The van der Waals surface area contributed by atoms with E-state index in [1.165, 1.54) is 0 Å². The van der Waals surface area contributed by atoms with Crippen molar-refractivity contribution in [3.63, 3.8) is 0 Å². The first kappa shape index (κ1) is 19.3. The number of ether oxygens (including phenoxy) is 1. The lowest BCUT2D eigenvalue weighted by molar-refractivity contribution is 0.460. The van der Waals surface area contributed by atoms with E-state index >= 15 is 0 Å². The van der Waals surface area contributed by atoms with E-state index in [1.807, 2.05) is 43.3 Å². The van der Waals surface area contributed by atoms with E-state index in [-0.39, 0.29) is 5.75 Å². The number of phenolic OH excluding ortho intramolecular Hbond substituents is 1. The smallest absolute Gasteiger partial charge is 0.219 e. The number of hydrogen-bond acceptors (Lipinski definition) is 4. The van der Waals surface area contributed by atoms with E-state index in [9.17, 15) is 5.11 Å². The second kappa shape index (κ2) is 7.35. The van der Waals surface area contributed by atoms with Gasteiger partial charge in [0.15, 0.2) is 0 Å². The van der Waals surface area contributed by atoms with Gasteiger partial charge in [-0.05, 0) is 61.9 Å². The van der Waals surface area contributed by atoms with E-state index in [1.54, 1.807) is 12.1 Å². The molecule has 6 rings (SSSR count). The maximum atomic E-state index is 10.2. The van der Waals surface area contributed by atoms with E-state index in [0.29, 0.717) is 17.1 Å². The zero-order valence-corrected chi connectivity index (χ0v) is 18.3. The molecule has 0 fully saturated rings. The molecule has 0 bridgehead atoms. The van der Waals surface area contributed by atoms with Gasteiger partial charge >= 0.3 is 0 Å². The Morgan fingerprint density at radius 2 is 1.61 bits per heavy atom. The molecule has 0 spiro atoms. The van der Waals surface area contributed by atoms with Crippen LogP contribution in [0, 0.1) is 13.8 Å². The average molecular weight is 431 g/mol. The predicted molar refractivity (Wildman–Crippen MR) is 132 cm³/mol. The van der Waals surface area contributed by atoms with Gasteiger partial charge in [0, 0.05) is 34.0 Å². The monoisotopic (exact) mass is 431 g/mol. The molecule has 1 N–H and O–H groups in total. The molecular formula is C28H21N3O2. The molecular weight excluding hydrogens is 410 g/mol. The number of pyridine rings is 2. The number of aromatic hydroxyl groups is 1. The van der Waals surface area contributed by atoms with Crippen molar-refractivity contribution < 1.29 is 9.84 Å². The van der Waals surface area contributed by atoms with Crippen molar-refractivity contribution in [3.05, 3.63) is 96.2 Å². The van der Waals surface area contributed by atoms with Gasteiger partial charge in [-0.3, -0.25) is 4.57 Å². The Balaban J connectivity index is 1.53. The molecule has 0 amide bonds. The summed E-state index contributed by atoms with van der Waals surface area (Å²) >= 11 is 0. The highest BCUT2D eigenvalue weighted by Gasteiger charge is 2.15. The molecule has 0 aliphatic carbocycles. The number of rotatable bonds is 3. The Kier molecular flexibility index (Phi) is 4.30. The van der Waals surface area contributed by atoms with Crippen molar-refractivity contribution in [2.24, 2.45) is 0 Å². The SMILES string of the molecule is Cc1cc(C)nc(-n2c3ccccc3c3ccc(Oc4ccc5cccc(O)c5n4)cc32)c1. The molecule has 160 valence electrons. The number of aryl methyl sites for hydroxylation is 2. The minimum absolute atomic E-state index is 0.134. The van der Waals surface area contributed by atoms with E-state index in [4.69, 9.17) is 9.72 Å². The number of fused-ring (bicyclic) bond motifs is 4. The molecule has 6 aromatic rings. The zero-order chi connectivity index (χ0) is 22.5. The van der Waals surface area contributed by atoms with Crippen LogP contribution in [0.25, 0.3) is 38.5 Å². The molecule has 0 radical (unpaired) electrons. The summed E-state index contributed by atoms with van der Waals surface area (Å²) in [6.45, 7) is 4.10. The maximum Gasteiger partial charge on any atom is 0.219 e. The first-order valence-corrected chi connectivity index (χ1v) is 10.8. The number of nitrogens with zero attached hydrogens (tertiary/aromatic N) is 3. The van der Waals surface area contributed by atoms with Crippen LogP contribution in [0.3, 0.4) is 0 Å². The first-order chi connectivity index (χ1) is 16.1. The van der Waals surface area contributed by atoms with Gasteiger partial charge in [0.1, 0.15) is 22.8 Å². The van der Waals surface area contributed by atoms with Crippen molar-refractivity contribution in [3.8, 4) is 23.2 Å². The van der Waals surface area contributed by atoms with Crippen LogP contribution in [0.1, 0.15) is 11.3 Å². The molecule has 33 heavy (non-hydrogen) atoms. The van der Waals surface area contributed by atoms with E-state index in [0.717, 1.165) is 44.3 Å². The quantitative estimate of drug-likeness (QED) is 0.333. The molecule has 0 unspecified atom stereocenters. The zero-order valence-electron chi connectivity index (χ0n) is 18.3. The Bertz CT molecular complexity index is 1660. The van der Waals surface area contributed by atoms with Crippen LogP contribution in [-0.4, -0.2) is 19.6 Å². The van der Waals surface area contributed by atoms with Crippen molar-refractivity contribution in [1.29, 1.82) is 0 Å². The van der Waals surface area contributed by atoms with Gasteiger partial charge in [0.2, 0.25) is 5.88 Å². The average Bonchev–Trinajstić information content (AvgIpc) is 3.13. The van der Waals surface area contributed by atoms with Crippen LogP contribution < -0.4 is 4.74 Å². The van der Waals surface area contributed by atoms with Crippen LogP contribution in [0.5, 0.6) is 17.4 Å². The molecule has 3 aromatic heterocycles. The number of benzene rings is 3. The minimum Gasteiger partial charge on any atom is -0.506 e. The Labute approximate surface area is 190 Å². The Hall–Kier alpha value is -4.38. The summed E-state index contributed by atoms with van der Waals surface area (Å²) in [5.74, 6) is 2.10. The standard InChI is InChI=1S/C28H21N3O2/c1-17-14-18(2)29-26(15-17)31-23-8-4-3-7-21(23)22-12-11-20(16-24(22)31)33-27-13-10-19-6-5-9-25(32)28(19)30-27/h3-16,32H,1-2H3. The summed E-state index contributed by atoms with van der Waals surface area (Å²) in [6.07, 6.45) is 0. The normalized spacial score (nSPS) is 11.5. The fourth-order valence-corrected chi connectivity index (χ4v) is 4.49. The summed E-state index contributed by atoms with van der Waals surface area (Å²) in [5, 5.41) is 13.3. The van der Waals surface area contributed by atoms with E-state index < -0.39 is 0 Å². The van der Waals surface area contributed by atoms with Crippen LogP contribution in [-0.2, 0) is 0 Å². The van der Waals surface area contributed by atoms with Gasteiger partial charge < -0.3 is 9.84 Å². The number of para-hydroxylation sites is 2. The largest absolute Gasteiger partial charge is 0.506 e. The van der Waals surface area contributed by atoms with Crippen molar-refractivity contribution in [2.45, 2.75) is 13.8 Å². The maximum absolute atomic E-state index is 10.2. The van der Waals surface area contributed by atoms with Crippen molar-refractivity contribution >= 4 is 32.7 Å². The highest BCUT2D eigenvalue weighted by molar-refractivity contribution is 6.09. The molecule has 0 atom stereocenters. The molecule has 3 heterocycles. The van der Waals surface area contributed by atoms with Gasteiger partial charge in [0.25, 0.3) is 0 Å². The topological polar surface area (TPSA) is 60.2 Å². The lowest BCUT2D eigenvalue weighted by atomic mass is 10.1. The Morgan fingerprint density at radius 3 is 2.48 bits per heavy atom. The molecule has 3 aromatic carbocycles. The highest BCUT2D eigenvalue weighted by Crippen LogP contribution is 2.35. The van der Waals surface area contributed by atoms with Crippen molar-refractivity contribution in [2.75, 3.05) is 0 Å². The summed E-state index contributed by atoms with van der Waals surface area (Å²) in [5.41, 5.74) is 4.76. The fourth-order valence-electron chi connectivity index (χ4n) is 4.49. The second-order valence-corrected chi connectivity index (χ2v) is 8.28. The van der Waals surface area contributed by atoms with Gasteiger partial charge in [-0.15, -0.1) is 0 Å². The fraction of sp³-hybridized carbons (Fsp3) is 0.0714. The minimum atomic E-state index is 0.134. The second-order valence-electron chi connectivity index (χ2n) is 8.28. The first-order valence-electron chi connectivity index (χ1n) is 10.8. The van der Waals surface area contributed by atoms with Gasteiger partial charge in [-0.25, -0.2) is 9.97 Å². The molecule has 0 aliphatic rings. The summed E-state index contributed by atoms with van der Waals surface area (Å²) in [4.78, 5) is 9.32. The predicted octanol–water partition coefficient (Wildman–Crippen LogP) is 6.84. The third kappa shape index (κ3) is 3.26. The van der Waals surface area contributed by atoms with Gasteiger partial charge in [-0.1, -0.05) is 30.3 Å². The molecule has 5 heteroatoms. The van der Waals surface area contributed by atoms with Crippen LogP contribution >= 0.6 is 0 Å². The lowest BCUT2D eigenvalue weighted by Gasteiger charge is -2.10. The Morgan fingerprint density at radius 1 is 0.758 bits per heavy atom. The lowest BCUT2D eigenvalue weighted by Crippen LogP contribution is -1.99. The summed E-state index contributed by atoms with van der Waals surface area (Å²) in [7, 11) is 0. The number of aromatic nitrogens is 3. The molecule has 0 saturated carbocycles. The number of hydrogen-bond donors (Lipinski definition) is 1. The summed E-state index contributed by atoms with van der Waals surface area (Å²) < 4.78 is 8.31. The van der Waals surface area contributed by atoms with E-state index in [2.05, 4.69) is 52.9 Å².